The van der Waals surface area contributed by atoms with Gasteiger partial charge in [0.05, 0.1) is 6.61 Å². The number of anilines is 1. The molecule has 26 heavy (non-hydrogen) atoms. The summed E-state index contributed by atoms with van der Waals surface area (Å²) in [6.45, 7) is 3.10. The highest BCUT2D eigenvalue weighted by Gasteiger charge is 2.16. The van der Waals surface area contributed by atoms with Crippen LogP contribution in [0.4, 0.5) is 10.1 Å². The van der Waals surface area contributed by atoms with Gasteiger partial charge in [-0.3, -0.25) is 4.99 Å². The molecule has 0 amide bonds. The number of fused-ring (bicyclic) bond motifs is 1. The third kappa shape index (κ3) is 5.31. The number of halogens is 2. The lowest BCUT2D eigenvalue weighted by Gasteiger charge is -2.20. The number of nitrogens with two attached hydrogens (primary N) is 1. The number of hydrogen-bond donors (Lipinski definition) is 2. The van der Waals surface area contributed by atoms with Crippen LogP contribution in [0.1, 0.15) is 23.6 Å². The highest BCUT2D eigenvalue weighted by atomic mass is 127. The summed E-state index contributed by atoms with van der Waals surface area (Å²) < 4.78 is 24.4. The van der Waals surface area contributed by atoms with Gasteiger partial charge in [-0.15, -0.1) is 24.0 Å². The van der Waals surface area contributed by atoms with Gasteiger partial charge in [-0.05, 0) is 48.2 Å². The van der Waals surface area contributed by atoms with Gasteiger partial charge in [0.2, 0.25) is 0 Å². The van der Waals surface area contributed by atoms with Gasteiger partial charge in [0, 0.05) is 17.8 Å². The number of aliphatic imine (C=N–C) groups is 1. The maximum Gasteiger partial charge on any atom is 0.193 e. The molecule has 0 radical (unpaired) electrons. The summed E-state index contributed by atoms with van der Waals surface area (Å²) in [6, 6.07) is 11.0. The van der Waals surface area contributed by atoms with Crippen LogP contribution in [0.15, 0.2) is 41.4 Å². The zero-order valence-electron chi connectivity index (χ0n) is 14.6. The number of ether oxygens (including phenoxy) is 2. The monoisotopic (exact) mass is 471 g/mol. The van der Waals surface area contributed by atoms with Crippen LogP contribution in [0.5, 0.6) is 5.75 Å². The molecule has 0 unspecified atom stereocenters. The summed E-state index contributed by atoms with van der Waals surface area (Å²) in [5.41, 5.74) is 9.59. The Hall–Kier alpha value is -1.87. The lowest BCUT2D eigenvalue weighted by atomic mass is 10.1. The first-order valence-electron chi connectivity index (χ1n) is 8.33. The second kappa shape index (κ2) is 9.72. The van der Waals surface area contributed by atoms with E-state index in [-0.39, 0.29) is 36.6 Å². The third-order valence-electron chi connectivity index (χ3n) is 4.05. The first-order valence-corrected chi connectivity index (χ1v) is 8.33. The fourth-order valence-electron chi connectivity index (χ4n) is 2.75. The Morgan fingerprint density at radius 2 is 2.04 bits per heavy atom. The molecule has 3 rings (SSSR count). The fraction of sp³-hybridized carbons (Fsp3) is 0.316. The van der Waals surface area contributed by atoms with Crippen molar-refractivity contribution in [3.8, 4) is 5.75 Å². The van der Waals surface area contributed by atoms with Gasteiger partial charge in [-0.1, -0.05) is 19.1 Å². The van der Waals surface area contributed by atoms with E-state index in [1.165, 1.54) is 17.7 Å². The Balaban J connectivity index is 0.00000243. The topological polar surface area (TPSA) is 68.9 Å². The van der Waals surface area contributed by atoms with Crippen LogP contribution in [0.2, 0.25) is 0 Å². The van der Waals surface area contributed by atoms with Crippen molar-refractivity contribution in [1.82, 2.24) is 0 Å². The largest absolute Gasteiger partial charge is 0.467 e. The number of benzene rings is 2. The Labute approximate surface area is 169 Å². The van der Waals surface area contributed by atoms with Crippen molar-refractivity contribution in [3.63, 3.8) is 0 Å². The van der Waals surface area contributed by atoms with Crippen LogP contribution in [0, 0.1) is 5.82 Å². The molecule has 1 heterocycles. The molecule has 1 aliphatic rings. The van der Waals surface area contributed by atoms with Crippen LogP contribution in [0.25, 0.3) is 0 Å². The van der Waals surface area contributed by atoms with Crippen molar-refractivity contribution in [1.29, 1.82) is 0 Å². The average molecular weight is 471 g/mol. The van der Waals surface area contributed by atoms with Gasteiger partial charge in [0.15, 0.2) is 12.8 Å². The molecule has 5 nitrogen and oxygen atoms in total. The Bertz CT molecular complexity index is 766. The summed E-state index contributed by atoms with van der Waals surface area (Å²) in [5.74, 6) is 0.734. The molecule has 3 N–H and O–H groups in total. The Morgan fingerprint density at radius 3 is 2.77 bits per heavy atom. The van der Waals surface area contributed by atoms with E-state index in [9.17, 15) is 4.39 Å². The number of nitrogens with zero attached hydrogens (tertiary/aromatic N) is 1. The summed E-state index contributed by atoms with van der Waals surface area (Å²) in [5, 5.41) is 3.06. The number of nitrogens with one attached hydrogen (secondary N) is 1. The van der Waals surface area contributed by atoms with Gasteiger partial charge < -0.3 is 20.5 Å². The van der Waals surface area contributed by atoms with Gasteiger partial charge in [0.1, 0.15) is 11.6 Å². The van der Waals surface area contributed by atoms with Crippen LogP contribution < -0.4 is 15.8 Å². The first-order chi connectivity index (χ1) is 12.2. The van der Waals surface area contributed by atoms with E-state index in [0.717, 1.165) is 23.2 Å². The second-order valence-electron chi connectivity index (χ2n) is 5.86. The lowest BCUT2D eigenvalue weighted by Crippen LogP contribution is -2.23. The summed E-state index contributed by atoms with van der Waals surface area (Å²) >= 11 is 0. The maximum absolute atomic E-state index is 13.7. The molecule has 0 spiro atoms. The van der Waals surface area contributed by atoms with Gasteiger partial charge >= 0.3 is 0 Å². The minimum Gasteiger partial charge on any atom is -0.467 e. The molecule has 0 fully saturated rings. The molecule has 1 aliphatic heterocycles. The highest BCUT2D eigenvalue weighted by Crippen LogP contribution is 2.29. The zero-order valence-corrected chi connectivity index (χ0v) is 17.0. The molecule has 2 aromatic rings. The summed E-state index contributed by atoms with van der Waals surface area (Å²) in [7, 11) is 0. The van der Waals surface area contributed by atoms with Crippen LogP contribution in [-0.2, 0) is 24.2 Å². The predicted molar refractivity (Wildman–Crippen MR) is 112 cm³/mol. The molecule has 0 atom stereocenters. The van der Waals surface area contributed by atoms with Gasteiger partial charge in [-0.2, -0.15) is 0 Å². The Kier molecular flexibility index (Phi) is 7.65. The Morgan fingerprint density at radius 1 is 1.27 bits per heavy atom. The molecule has 0 saturated carbocycles. The first kappa shape index (κ1) is 20.4. The van der Waals surface area contributed by atoms with Crippen molar-refractivity contribution < 1.29 is 13.9 Å². The molecule has 0 aliphatic carbocycles. The molecular formula is C19H23FIN3O2. The fourth-order valence-corrected chi connectivity index (χ4v) is 2.75. The predicted octanol–water partition coefficient (Wildman–Crippen LogP) is 3.84. The molecule has 2 aromatic carbocycles. The molecular weight excluding hydrogens is 448 g/mol. The lowest BCUT2D eigenvalue weighted by molar-refractivity contribution is -0.0172. The number of hydrogen-bond acceptors (Lipinski definition) is 3. The van der Waals surface area contributed by atoms with E-state index >= 15 is 0 Å². The second-order valence-corrected chi connectivity index (χ2v) is 5.86. The standard InChI is InChI=1S/C19H22FN3O2.HI/c1-2-13-3-5-17(6-4-13)23-19(21)22-8-7-14-9-16(20)10-15-11-24-12-25-18(14)15;/h3-6,9-10H,2,7-8,11-12H2,1H3,(H3,21,22,23);1H. The number of rotatable bonds is 5. The van der Waals surface area contributed by atoms with Crippen molar-refractivity contribution in [3.05, 3.63) is 58.9 Å². The number of guanidine groups is 1. The van der Waals surface area contributed by atoms with E-state index in [4.69, 9.17) is 15.2 Å². The molecule has 0 bridgehead atoms. The van der Waals surface area contributed by atoms with Crippen molar-refractivity contribution in [2.24, 2.45) is 10.7 Å². The maximum atomic E-state index is 13.7. The van der Waals surface area contributed by atoms with E-state index in [1.807, 2.05) is 24.3 Å². The quantitative estimate of drug-likeness (QED) is 0.395. The minimum absolute atomic E-state index is 0. The van der Waals surface area contributed by atoms with Gasteiger partial charge in [-0.25, -0.2) is 4.39 Å². The molecule has 0 aromatic heterocycles. The average Bonchev–Trinajstić information content (AvgIpc) is 2.62. The normalized spacial score (nSPS) is 13.4. The summed E-state index contributed by atoms with van der Waals surface area (Å²) in [6.07, 6.45) is 1.53. The third-order valence-corrected chi connectivity index (χ3v) is 4.05. The van der Waals surface area contributed by atoms with E-state index in [2.05, 4.69) is 17.2 Å². The molecule has 0 saturated heterocycles. The van der Waals surface area contributed by atoms with Crippen molar-refractivity contribution in [2.75, 3.05) is 18.7 Å². The van der Waals surface area contributed by atoms with E-state index in [1.54, 1.807) is 0 Å². The van der Waals surface area contributed by atoms with Crippen molar-refractivity contribution in [2.45, 2.75) is 26.4 Å². The number of aryl methyl sites for hydroxylation is 1. The van der Waals surface area contributed by atoms with E-state index in [0.29, 0.717) is 31.3 Å². The van der Waals surface area contributed by atoms with E-state index < -0.39 is 0 Å². The highest BCUT2D eigenvalue weighted by molar-refractivity contribution is 14.0. The molecule has 140 valence electrons. The van der Waals surface area contributed by atoms with Crippen LogP contribution >= 0.6 is 24.0 Å². The minimum atomic E-state index is -0.297. The summed E-state index contributed by atoms with van der Waals surface area (Å²) in [4.78, 5) is 4.31. The molecule has 7 heteroatoms. The smallest absolute Gasteiger partial charge is 0.193 e. The van der Waals surface area contributed by atoms with Crippen molar-refractivity contribution >= 4 is 35.6 Å². The zero-order chi connectivity index (χ0) is 17.6. The van der Waals surface area contributed by atoms with Gasteiger partial charge in [0.25, 0.3) is 0 Å². The SMILES string of the molecule is CCc1ccc(NC(N)=NCCc2cc(F)cc3c2OCOC3)cc1.I. The van der Waals surface area contributed by atoms with Crippen LogP contribution in [-0.4, -0.2) is 19.3 Å². The van der Waals surface area contributed by atoms with Crippen LogP contribution in [0.3, 0.4) is 0 Å².